The highest BCUT2D eigenvalue weighted by atomic mass is 35.5. The van der Waals surface area contributed by atoms with Crippen molar-refractivity contribution in [3.63, 3.8) is 0 Å². The maximum absolute atomic E-state index is 12.5. The number of fused-ring (bicyclic) bond motifs is 2. The Kier molecular flexibility index (Phi) is 5.09. The topological polar surface area (TPSA) is 56.3 Å². The van der Waals surface area contributed by atoms with E-state index in [0.717, 1.165) is 35.5 Å². The molecule has 0 aliphatic heterocycles. The molecule has 4 rings (SSSR count). The third-order valence-corrected chi connectivity index (χ3v) is 6.58. The Labute approximate surface area is 161 Å². The molecule has 2 aliphatic rings. The summed E-state index contributed by atoms with van der Waals surface area (Å²) in [5, 5.41) is 3.48. The number of ketones is 1. The monoisotopic (exact) mass is 389 g/mol. The van der Waals surface area contributed by atoms with Crippen LogP contribution < -0.4 is 0 Å². The van der Waals surface area contributed by atoms with E-state index in [0.29, 0.717) is 23.6 Å². The Morgan fingerprint density at radius 3 is 2.58 bits per heavy atom. The van der Waals surface area contributed by atoms with Gasteiger partial charge in [-0.3, -0.25) is 9.59 Å². The number of hydrogen-bond donors (Lipinski definition) is 0. The SMILES string of the molecule is O=C(OCc1csc(-c2ccc(Cl)cc2)n1)C1C[C@H]2CCC[C@@H](C1)C2=O. The maximum atomic E-state index is 12.5. The van der Waals surface area contributed by atoms with E-state index >= 15 is 0 Å². The molecule has 4 nitrogen and oxygen atoms in total. The summed E-state index contributed by atoms with van der Waals surface area (Å²) in [6.45, 7) is 0.183. The summed E-state index contributed by atoms with van der Waals surface area (Å²) in [5.41, 5.74) is 1.75. The van der Waals surface area contributed by atoms with Gasteiger partial charge in [0.2, 0.25) is 0 Å². The van der Waals surface area contributed by atoms with Crippen molar-refractivity contribution in [3.8, 4) is 10.6 Å². The molecule has 0 amide bonds. The van der Waals surface area contributed by atoms with E-state index in [9.17, 15) is 9.59 Å². The van der Waals surface area contributed by atoms with E-state index in [2.05, 4.69) is 4.98 Å². The maximum Gasteiger partial charge on any atom is 0.309 e. The lowest BCUT2D eigenvalue weighted by Crippen LogP contribution is -2.39. The van der Waals surface area contributed by atoms with Gasteiger partial charge in [-0.15, -0.1) is 11.3 Å². The van der Waals surface area contributed by atoms with E-state index in [1.54, 1.807) is 0 Å². The molecule has 136 valence electrons. The van der Waals surface area contributed by atoms with Crippen LogP contribution >= 0.6 is 22.9 Å². The first-order chi connectivity index (χ1) is 12.6. The molecule has 2 fully saturated rings. The van der Waals surface area contributed by atoms with Crippen LogP contribution in [0.3, 0.4) is 0 Å². The molecule has 26 heavy (non-hydrogen) atoms. The highest BCUT2D eigenvalue weighted by Gasteiger charge is 2.41. The number of thiazole rings is 1. The molecule has 0 spiro atoms. The molecule has 3 atom stereocenters. The van der Waals surface area contributed by atoms with Gasteiger partial charge in [0.05, 0.1) is 11.6 Å². The quantitative estimate of drug-likeness (QED) is 0.697. The van der Waals surface area contributed by atoms with Crippen LogP contribution in [0.25, 0.3) is 10.6 Å². The molecule has 0 saturated heterocycles. The van der Waals surface area contributed by atoms with Gasteiger partial charge in [0.1, 0.15) is 17.4 Å². The zero-order valence-corrected chi connectivity index (χ0v) is 15.9. The molecule has 0 N–H and O–H groups in total. The normalized spacial score (nSPS) is 25.1. The first-order valence-corrected chi connectivity index (χ1v) is 10.3. The number of hydrogen-bond acceptors (Lipinski definition) is 5. The number of benzene rings is 1. The predicted molar refractivity (Wildman–Crippen MR) is 101 cm³/mol. The van der Waals surface area contributed by atoms with E-state index in [4.69, 9.17) is 16.3 Å². The fourth-order valence-corrected chi connectivity index (χ4v) is 4.97. The van der Waals surface area contributed by atoms with E-state index in [-0.39, 0.29) is 30.3 Å². The van der Waals surface area contributed by atoms with E-state index in [1.807, 2.05) is 29.6 Å². The van der Waals surface area contributed by atoms with Crippen molar-refractivity contribution in [3.05, 3.63) is 40.4 Å². The zero-order valence-electron chi connectivity index (χ0n) is 14.3. The standard InChI is InChI=1S/C20H20ClNO3S/c21-16-6-4-12(5-7-16)19-22-17(11-26-19)10-25-20(24)15-8-13-2-1-3-14(9-15)18(13)23/h4-7,11,13-15H,1-3,8-10H2/t13-,14+,15?. The molecule has 1 aromatic heterocycles. The number of esters is 1. The van der Waals surface area contributed by atoms with Gasteiger partial charge in [-0.2, -0.15) is 0 Å². The van der Waals surface area contributed by atoms with Gasteiger partial charge in [0.15, 0.2) is 0 Å². The van der Waals surface area contributed by atoms with Crippen molar-refractivity contribution in [2.24, 2.45) is 17.8 Å². The summed E-state index contributed by atoms with van der Waals surface area (Å²) in [7, 11) is 0. The van der Waals surface area contributed by atoms with Crippen molar-refractivity contribution >= 4 is 34.7 Å². The minimum atomic E-state index is -0.185. The molecule has 2 saturated carbocycles. The number of nitrogens with zero attached hydrogens (tertiary/aromatic N) is 1. The summed E-state index contributed by atoms with van der Waals surface area (Å²) in [6.07, 6.45) is 4.27. The summed E-state index contributed by atoms with van der Waals surface area (Å²) in [6, 6.07) is 7.52. The first-order valence-electron chi connectivity index (χ1n) is 9.01. The summed E-state index contributed by atoms with van der Waals surface area (Å²) < 4.78 is 5.51. The van der Waals surface area contributed by atoms with Crippen LogP contribution in [0.5, 0.6) is 0 Å². The van der Waals surface area contributed by atoms with Crippen molar-refractivity contribution in [2.75, 3.05) is 0 Å². The third-order valence-electron chi connectivity index (χ3n) is 5.39. The second-order valence-electron chi connectivity index (χ2n) is 7.15. The number of carbonyl (C=O) groups excluding carboxylic acids is 2. The molecule has 2 aliphatic carbocycles. The van der Waals surface area contributed by atoms with Crippen LogP contribution in [0, 0.1) is 17.8 Å². The Morgan fingerprint density at radius 2 is 1.88 bits per heavy atom. The Morgan fingerprint density at radius 1 is 1.19 bits per heavy atom. The third kappa shape index (κ3) is 3.69. The van der Waals surface area contributed by atoms with Gasteiger partial charge in [-0.25, -0.2) is 4.98 Å². The van der Waals surface area contributed by atoms with Gasteiger partial charge in [-0.1, -0.05) is 30.2 Å². The second-order valence-corrected chi connectivity index (χ2v) is 8.45. The smallest absolute Gasteiger partial charge is 0.309 e. The lowest BCUT2D eigenvalue weighted by atomic mass is 9.67. The Bertz CT molecular complexity index is 801. The van der Waals surface area contributed by atoms with Crippen LogP contribution in [0.15, 0.2) is 29.6 Å². The molecule has 1 aromatic carbocycles. The number of ether oxygens (including phenoxy) is 1. The van der Waals surface area contributed by atoms with Gasteiger partial charge < -0.3 is 4.74 Å². The van der Waals surface area contributed by atoms with Gasteiger partial charge in [-0.05, 0) is 37.8 Å². The van der Waals surface area contributed by atoms with Crippen molar-refractivity contribution in [2.45, 2.75) is 38.7 Å². The first kappa shape index (κ1) is 17.7. The van der Waals surface area contributed by atoms with E-state index in [1.165, 1.54) is 11.3 Å². The number of Topliss-reactive ketones (excluding diaryl/α,β-unsaturated/α-hetero) is 1. The lowest BCUT2D eigenvalue weighted by molar-refractivity contribution is -0.154. The van der Waals surface area contributed by atoms with Crippen molar-refractivity contribution in [1.82, 2.24) is 4.98 Å². The Hall–Kier alpha value is -1.72. The second kappa shape index (κ2) is 7.49. The average molecular weight is 390 g/mol. The van der Waals surface area contributed by atoms with Crippen LogP contribution in [0.1, 0.15) is 37.8 Å². The summed E-state index contributed by atoms with van der Waals surface area (Å²) >= 11 is 7.43. The number of halogens is 1. The fourth-order valence-electron chi connectivity index (χ4n) is 4.03. The number of carbonyl (C=O) groups is 2. The van der Waals surface area contributed by atoms with Crippen LogP contribution in [-0.4, -0.2) is 16.7 Å². The van der Waals surface area contributed by atoms with Gasteiger partial charge in [0, 0.05) is 27.8 Å². The molecule has 1 unspecified atom stereocenters. The number of aromatic nitrogens is 1. The summed E-state index contributed by atoms with van der Waals surface area (Å²) in [4.78, 5) is 29.1. The molecule has 2 aromatic rings. The van der Waals surface area contributed by atoms with Gasteiger partial charge in [0.25, 0.3) is 0 Å². The van der Waals surface area contributed by atoms with Crippen LogP contribution in [0.4, 0.5) is 0 Å². The Balaban J connectivity index is 1.35. The van der Waals surface area contributed by atoms with Crippen LogP contribution in [-0.2, 0) is 20.9 Å². The fraction of sp³-hybridized carbons (Fsp3) is 0.450. The molecular formula is C20H20ClNO3S. The molecule has 1 heterocycles. The van der Waals surface area contributed by atoms with Crippen molar-refractivity contribution in [1.29, 1.82) is 0 Å². The average Bonchev–Trinajstić information content (AvgIpc) is 3.09. The molecule has 0 radical (unpaired) electrons. The largest absolute Gasteiger partial charge is 0.459 e. The minimum absolute atomic E-state index is 0.0656. The molecular weight excluding hydrogens is 370 g/mol. The van der Waals surface area contributed by atoms with Crippen LogP contribution in [0.2, 0.25) is 5.02 Å². The minimum Gasteiger partial charge on any atom is -0.459 e. The number of rotatable bonds is 4. The molecule has 6 heteroatoms. The van der Waals surface area contributed by atoms with Crippen molar-refractivity contribution < 1.29 is 14.3 Å². The zero-order chi connectivity index (χ0) is 18.1. The summed E-state index contributed by atoms with van der Waals surface area (Å²) in [5.74, 6) is 0.173. The molecule has 2 bridgehead atoms. The van der Waals surface area contributed by atoms with Gasteiger partial charge >= 0.3 is 5.97 Å². The highest BCUT2D eigenvalue weighted by Crippen LogP contribution is 2.40. The highest BCUT2D eigenvalue weighted by molar-refractivity contribution is 7.13. The predicted octanol–water partition coefficient (Wildman–Crippen LogP) is 4.90. The van der Waals surface area contributed by atoms with E-state index < -0.39 is 0 Å². The lowest BCUT2D eigenvalue weighted by Gasteiger charge is -2.36.